The van der Waals surface area contributed by atoms with Gasteiger partial charge in [0.25, 0.3) is 5.91 Å². The van der Waals surface area contributed by atoms with Gasteiger partial charge in [-0.25, -0.2) is 9.67 Å². The Bertz CT molecular complexity index is 972. The second-order valence-corrected chi connectivity index (χ2v) is 7.77. The number of nitrogens with one attached hydrogen (secondary N) is 1. The van der Waals surface area contributed by atoms with E-state index in [2.05, 4.69) is 47.4 Å². The molecule has 0 saturated heterocycles. The fourth-order valence-corrected chi connectivity index (χ4v) is 4.24. The molecule has 0 saturated carbocycles. The van der Waals surface area contributed by atoms with Gasteiger partial charge < -0.3 is 5.32 Å². The molecule has 0 fully saturated rings. The maximum absolute atomic E-state index is 12.6. The molecule has 4 rings (SSSR count). The van der Waals surface area contributed by atoms with Crippen molar-refractivity contribution in [3.63, 3.8) is 0 Å². The molecule has 1 aliphatic rings. The number of hydrogen-bond acceptors (Lipinski definition) is 4. The average Bonchev–Trinajstić information content (AvgIpc) is 3.24. The van der Waals surface area contributed by atoms with E-state index in [1.807, 2.05) is 17.8 Å². The summed E-state index contributed by atoms with van der Waals surface area (Å²) >= 11 is 1.39. The number of aromatic nitrogens is 3. The number of carbonyl (C=O) groups is 1. The van der Waals surface area contributed by atoms with Crippen LogP contribution < -0.4 is 5.32 Å². The molecule has 1 aliphatic carbocycles. The molecule has 0 bridgehead atoms. The van der Waals surface area contributed by atoms with E-state index < -0.39 is 0 Å². The van der Waals surface area contributed by atoms with Gasteiger partial charge in [0.05, 0.1) is 29.1 Å². The van der Waals surface area contributed by atoms with Crippen molar-refractivity contribution < 1.29 is 4.79 Å². The van der Waals surface area contributed by atoms with Gasteiger partial charge in [0, 0.05) is 11.3 Å². The third-order valence-corrected chi connectivity index (χ3v) is 6.10. The van der Waals surface area contributed by atoms with Crippen molar-refractivity contribution in [3.8, 4) is 5.69 Å². The largest absolute Gasteiger partial charge is 0.344 e. The molecular weight excluding hydrogens is 344 g/mol. The monoisotopic (exact) mass is 366 g/mol. The number of aryl methyl sites for hydroxylation is 3. The number of carbonyl (C=O) groups excluding carboxylic acids is 1. The van der Waals surface area contributed by atoms with Crippen LogP contribution in [0.25, 0.3) is 5.69 Å². The smallest absolute Gasteiger partial charge is 0.263 e. The van der Waals surface area contributed by atoms with Gasteiger partial charge >= 0.3 is 0 Å². The molecule has 6 heteroatoms. The van der Waals surface area contributed by atoms with Crippen LogP contribution in [0.5, 0.6) is 0 Å². The Morgan fingerprint density at radius 3 is 2.85 bits per heavy atom. The number of fused-ring (bicyclic) bond motifs is 1. The first kappa shape index (κ1) is 17.0. The van der Waals surface area contributed by atoms with Crippen molar-refractivity contribution in [1.29, 1.82) is 0 Å². The molecule has 5 nitrogen and oxygen atoms in total. The van der Waals surface area contributed by atoms with E-state index in [4.69, 9.17) is 0 Å². The molecule has 2 aromatic heterocycles. The third kappa shape index (κ3) is 2.94. The Hall–Kier alpha value is -2.47. The van der Waals surface area contributed by atoms with Crippen LogP contribution in [-0.2, 0) is 6.42 Å². The Kier molecular flexibility index (Phi) is 4.36. The molecule has 26 heavy (non-hydrogen) atoms. The number of amides is 1. The summed E-state index contributed by atoms with van der Waals surface area (Å²) in [7, 11) is 0. The summed E-state index contributed by atoms with van der Waals surface area (Å²) < 4.78 is 2.03. The quantitative estimate of drug-likeness (QED) is 0.760. The van der Waals surface area contributed by atoms with Crippen LogP contribution in [0.4, 0.5) is 0 Å². The Labute approximate surface area is 157 Å². The number of rotatable bonds is 3. The first-order valence-corrected chi connectivity index (χ1v) is 9.78. The maximum Gasteiger partial charge on any atom is 0.263 e. The highest BCUT2D eigenvalue weighted by Crippen LogP contribution is 2.32. The zero-order chi connectivity index (χ0) is 18.3. The fourth-order valence-electron chi connectivity index (χ4n) is 3.53. The minimum Gasteiger partial charge on any atom is -0.344 e. The highest BCUT2D eigenvalue weighted by Gasteiger charge is 2.27. The number of thiazole rings is 1. The van der Waals surface area contributed by atoms with Gasteiger partial charge in [-0.05, 0) is 63.3 Å². The van der Waals surface area contributed by atoms with E-state index in [0.717, 1.165) is 36.2 Å². The predicted molar refractivity (Wildman–Crippen MR) is 103 cm³/mol. The lowest BCUT2D eigenvalue weighted by molar-refractivity contribution is 0.0936. The summed E-state index contributed by atoms with van der Waals surface area (Å²) in [5.41, 5.74) is 8.45. The van der Waals surface area contributed by atoms with Crippen molar-refractivity contribution in [1.82, 2.24) is 20.1 Å². The summed E-state index contributed by atoms with van der Waals surface area (Å²) in [5.74, 6) is -0.0400. The van der Waals surface area contributed by atoms with E-state index in [9.17, 15) is 4.79 Å². The van der Waals surface area contributed by atoms with E-state index in [0.29, 0.717) is 4.88 Å². The number of nitrogens with zero attached hydrogens (tertiary/aromatic N) is 3. The molecule has 2 heterocycles. The summed E-state index contributed by atoms with van der Waals surface area (Å²) in [4.78, 5) is 17.5. The van der Waals surface area contributed by atoms with Crippen LogP contribution >= 0.6 is 11.3 Å². The maximum atomic E-state index is 12.6. The van der Waals surface area contributed by atoms with Crippen molar-refractivity contribution in [2.45, 2.75) is 46.1 Å². The molecule has 0 unspecified atom stereocenters. The lowest BCUT2D eigenvalue weighted by Crippen LogP contribution is -2.30. The Morgan fingerprint density at radius 1 is 1.27 bits per heavy atom. The van der Waals surface area contributed by atoms with Crippen LogP contribution in [0.15, 0.2) is 29.9 Å². The van der Waals surface area contributed by atoms with Gasteiger partial charge in [-0.15, -0.1) is 11.3 Å². The van der Waals surface area contributed by atoms with E-state index in [1.54, 1.807) is 5.51 Å². The first-order valence-electron chi connectivity index (χ1n) is 8.90. The van der Waals surface area contributed by atoms with Gasteiger partial charge in [0.15, 0.2) is 0 Å². The van der Waals surface area contributed by atoms with Crippen molar-refractivity contribution in [3.05, 3.63) is 62.9 Å². The lowest BCUT2D eigenvalue weighted by atomic mass is 9.92. The van der Waals surface area contributed by atoms with Gasteiger partial charge in [0.1, 0.15) is 4.88 Å². The SMILES string of the molecule is Cc1ccc(-n2ncc3c2CCC[C@@H]3NC(=O)c2scnc2C)cc1C. The van der Waals surface area contributed by atoms with Crippen molar-refractivity contribution >= 4 is 17.2 Å². The van der Waals surface area contributed by atoms with Crippen LogP contribution in [-0.4, -0.2) is 20.7 Å². The summed E-state index contributed by atoms with van der Waals surface area (Å²) in [6, 6.07) is 6.42. The molecule has 0 radical (unpaired) electrons. The van der Waals surface area contributed by atoms with Gasteiger partial charge in [-0.3, -0.25) is 4.79 Å². The highest BCUT2D eigenvalue weighted by atomic mass is 32.1. The van der Waals surface area contributed by atoms with E-state index >= 15 is 0 Å². The van der Waals surface area contributed by atoms with Gasteiger partial charge in [-0.2, -0.15) is 5.10 Å². The average molecular weight is 366 g/mol. The van der Waals surface area contributed by atoms with Gasteiger partial charge in [-0.1, -0.05) is 6.07 Å². The molecule has 134 valence electrons. The zero-order valence-electron chi connectivity index (χ0n) is 15.2. The fraction of sp³-hybridized carbons (Fsp3) is 0.350. The molecule has 1 aromatic carbocycles. The van der Waals surface area contributed by atoms with Crippen LogP contribution in [0.3, 0.4) is 0 Å². The lowest BCUT2D eigenvalue weighted by Gasteiger charge is -2.24. The second kappa shape index (κ2) is 6.68. The zero-order valence-corrected chi connectivity index (χ0v) is 16.1. The van der Waals surface area contributed by atoms with E-state index in [1.165, 1.54) is 28.2 Å². The molecule has 0 spiro atoms. The second-order valence-electron chi connectivity index (χ2n) is 6.91. The molecule has 1 amide bonds. The minimum atomic E-state index is -0.0400. The van der Waals surface area contributed by atoms with Crippen LogP contribution in [0.2, 0.25) is 0 Å². The van der Waals surface area contributed by atoms with Gasteiger partial charge in [0.2, 0.25) is 0 Å². The molecule has 1 atom stereocenters. The van der Waals surface area contributed by atoms with Crippen LogP contribution in [0, 0.1) is 20.8 Å². The normalized spacial score (nSPS) is 16.3. The van der Waals surface area contributed by atoms with Crippen molar-refractivity contribution in [2.75, 3.05) is 0 Å². The highest BCUT2D eigenvalue weighted by molar-refractivity contribution is 7.11. The summed E-state index contributed by atoms with van der Waals surface area (Å²) in [5, 5.41) is 7.81. The Morgan fingerprint density at radius 2 is 2.12 bits per heavy atom. The summed E-state index contributed by atoms with van der Waals surface area (Å²) in [6.07, 6.45) is 4.87. The van der Waals surface area contributed by atoms with Crippen LogP contribution in [0.1, 0.15) is 56.6 Å². The molecule has 0 aliphatic heterocycles. The van der Waals surface area contributed by atoms with Crippen molar-refractivity contribution in [2.24, 2.45) is 0 Å². The Balaban J connectivity index is 1.63. The minimum absolute atomic E-state index is 0.00745. The first-order chi connectivity index (χ1) is 12.5. The number of hydrogen-bond donors (Lipinski definition) is 1. The molecule has 1 N–H and O–H groups in total. The summed E-state index contributed by atoms with van der Waals surface area (Å²) in [6.45, 7) is 6.11. The number of benzene rings is 1. The standard InChI is InChI=1S/C20H22N4OS/c1-12-7-8-15(9-13(12)2)24-18-6-4-5-17(16(18)10-22-24)23-20(25)19-14(3)21-11-26-19/h7-11,17H,4-6H2,1-3H3,(H,23,25)/t17-/m0/s1. The molecular formula is C20H22N4OS. The van der Waals surface area contributed by atoms with E-state index in [-0.39, 0.29) is 11.9 Å². The third-order valence-electron chi connectivity index (χ3n) is 5.18. The molecule has 3 aromatic rings. The predicted octanol–water partition coefficient (Wildman–Crippen LogP) is 4.06. The topological polar surface area (TPSA) is 59.8 Å².